The van der Waals surface area contributed by atoms with E-state index in [9.17, 15) is 39.4 Å². The number of nitrogens with zero attached hydrogens (tertiary/aromatic N) is 2. The lowest BCUT2D eigenvalue weighted by molar-refractivity contribution is -0.183. The molecule has 310 valence electrons. The fourth-order valence-corrected chi connectivity index (χ4v) is 11.7. The minimum absolute atomic E-state index is 0.103. The highest BCUT2D eigenvalue weighted by atomic mass is 33.1. The Hall–Kier alpha value is -1.37. The lowest BCUT2D eigenvalue weighted by Gasteiger charge is -2.43. The van der Waals surface area contributed by atoms with Gasteiger partial charge >= 0.3 is 6.80 Å². The van der Waals surface area contributed by atoms with Gasteiger partial charge in [0.2, 0.25) is 17.7 Å². The summed E-state index contributed by atoms with van der Waals surface area (Å²) in [4.78, 5) is 43.0. The number of hydrogen-bond donors (Lipinski definition) is 7. The summed E-state index contributed by atoms with van der Waals surface area (Å²) in [6, 6.07) is -0.772. The zero-order chi connectivity index (χ0) is 40.0. The SMILES string of the molecule is COC1C(CO)OC(SSCCCCSP(=O)(OCC2OC(N=CC(C)C(N)=O)CC2O)OC2CC(N=CC(C)C(N)=O)OC2CO)C(NC(C)=O)C1O. The highest BCUT2D eigenvalue weighted by molar-refractivity contribution is 8.76. The molecule has 3 heterocycles. The summed E-state index contributed by atoms with van der Waals surface area (Å²) in [5.41, 5.74) is 9.91. The van der Waals surface area contributed by atoms with E-state index in [0.717, 1.165) is 11.4 Å². The number of nitrogens with one attached hydrogen (secondary N) is 1. The number of carbonyl (C=O) groups is 3. The maximum absolute atomic E-state index is 14.2. The fraction of sp³-hybridized carbons (Fsp3) is 0.839. The first kappa shape index (κ1) is 47.0. The third-order valence-corrected chi connectivity index (χ3v) is 15.1. The van der Waals surface area contributed by atoms with Crippen molar-refractivity contribution in [1.82, 2.24) is 5.32 Å². The second kappa shape index (κ2) is 23.1. The summed E-state index contributed by atoms with van der Waals surface area (Å²) in [6.45, 7) is -0.676. The number of aliphatic hydroxyl groups excluding tert-OH is 4. The molecule has 0 bridgehead atoms. The first-order chi connectivity index (χ1) is 25.6. The van der Waals surface area contributed by atoms with Crippen LogP contribution in [0.3, 0.4) is 0 Å². The predicted octanol–water partition coefficient (Wildman–Crippen LogP) is -0.0435. The van der Waals surface area contributed by atoms with Crippen molar-refractivity contribution in [1.29, 1.82) is 0 Å². The van der Waals surface area contributed by atoms with E-state index in [-0.39, 0.29) is 32.0 Å². The van der Waals surface area contributed by atoms with Crippen LogP contribution >= 0.6 is 39.8 Å². The van der Waals surface area contributed by atoms with Gasteiger partial charge in [0.15, 0.2) is 12.5 Å². The molecule has 3 fully saturated rings. The van der Waals surface area contributed by atoms with Gasteiger partial charge in [-0.25, -0.2) is 4.57 Å². The second-order valence-corrected chi connectivity index (χ2v) is 19.7. The maximum atomic E-state index is 14.2. The molecule has 0 aromatic carbocycles. The average Bonchev–Trinajstić information content (AvgIpc) is 3.69. The second-order valence-electron chi connectivity index (χ2n) is 12.9. The first-order valence-electron chi connectivity index (χ1n) is 17.5. The Balaban J connectivity index is 1.60. The van der Waals surface area contributed by atoms with E-state index < -0.39 is 104 Å². The van der Waals surface area contributed by atoms with Gasteiger partial charge in [0.05, 0.1) is 43.8 Å². The van der Waals surface area contributed by atoms with Crippen LogP contribution in [0, 0.1) is 11.8 Å². The number of methoxy groups -OCH3 is 1. The van der Waals surface area contributed by atoms with Gasteiger partial charge in [-0.1, -0.05) is 21.6 Å². The average molecular weight is 848 g/mol. The van der Waals surface area contributed by atoms with Crippen LogP contribution in [0.5, 0.6) is 0 Å². The first-order valence-corrected chi connectivity index (χ1v) is 23.0. The minimum Gasteiger partial charge on any atom is -0.394 e. The van der Waals surface area contributed by atoms with Crippen LogP contribution in [-0.2, 0) is 46.9 Å². The molecule has 3 saturated heterocycles. The Kier molecular flexibility index (Phi) is 20.1. The molecule has 0 aromatic heterocycles. The number of rotatable bonds is 23. The van der Waals surface area contributed by atoms with Gasteiger partial charge in [0, 0.05) is 50.8 Å². The topological polar surface area (TPSA) is 293 Å². The highest BCUT2D eigenvalue weighted by Gasteiger charge is 2.46. The maximum Gasteiger partial charge on any atom is 0.389 e. The van der Waals surface area contributed by atoms with E-state index in [1.165, 1.54) is 48.1 Å². The van der Waals surface area contributed by atoms with Gasteiger partial charge < -0.3 is 56.2 Å². The summed E-state index contributed by atoms with van der Waals surface area (Å²) in [5.74, 6) is -1.85. The molecule has 3 amide bonds. The number of aliphatic imine (C=N–C) groups is 2. The van der Waals surface area contributed by atoms with E-state index >= 15 is 0 Å². The summed E-state index contributed by atoms with van der Waals surface area (Å²) in [6.07, 6.45) is -3.85. The van der Waals surface area contributed by atoms with E-state index in [4.69, 9.17) is 39.5 Å². The molecular formula is C31H54N5O14PS3. The van der Waals surface area contributed by atoms with Crippen molar-refractivity contribution in [3.8, 4) is 0 Å². The van der Waals surface area contributed by atoms with Crippen molar-refractivity contribution in [3.63, 3.8) is 0 Å². The van der Waals surface area contributed by atoms with E-state index in [1.54, 1.807) is 13.8 Å². The number of primary amides is 2. The van der Waals surface area contributed by atoms with Crippen molar-refractivity contribution in [2.75, 3.05) is 38.4 Å². The van der Waals surface area contributed by atoms with Crippen LogP contribution in [0.15, 0.2) is 9.98 Å². The lowest BCUT2D eigenvalue weighted by atomic mass is 9.98. The van der Waals surface area contributed by atoms with Gasteiger partial charge in [-0.3, -0.25) is 33.4 Å². The van der Waals surface area contributed by atoms with Gasteiger partial charge in [-0.05, 0) is 38.1 Å². The number of ether oxygens (including phenoxy) is 4. The predicted molar refractivity (Wildman–Crippen MR) is 204 cm³/mol. The Bertz CT molecular complexity index is 1330. The van der Waals surface area contributed by atoms with E-state index in [0.29, 0.717) is 24.3 Å². The number of unbranched alkanes of at least 4 members (excludes halogenated alkanes) is 1. The molecular weight excluding hydrogens is 794 g/mol. The number of carbonyl (C=O) groups excluding carboxylic acids is 3. The van der Waals surface area contributed by atoms with E-state index in [2.05, 4.69) is 15.3 Å². The van der Waals surface area contributed by atoms with Crippen LogP contribution in [-0.4, -0.2) is 156 Å². The van der Waals surface area contributed by atoms with Gasteiger partial charge in [-0.2, -0.15) is 0 Å². The fourth-order valence-electron chi connectivity index (χ4n) is 5.42. The molecule has 14 atom stereocenters. The monoisotopic (exact) mass is 847 g/mol. The van der Waals surface area contributed by atoms with Crippen LogP contribution in [0.2, 0.25) is 0 Å². The van der Waals surface area contributed by atoms with Crippen molar-refractivity contribution < 1.29 is 67.4 Å². The molecule has 0 saturated carbocycles. The Morgan fingerprint density at radius 3 is 2.11 bits per heavy atom. The van der Waals surface area contributed by atoms with Gasteiger partial charge in [0.25, 0.3) is 0 Å². The Labute approximate surface area is 326 Å². The zero-order valence-electron chi connectivity index (χ0n) is 30.6. The molecule has 3 aliphatic rings. The molecule has 14 unspecified atom stereocenters. The number of nitrogens with two attached hydrogens (primary N) is 2. The third-order valence-electron chi connectivity index (χ3n) is 8.60. The van der Waals surface area contributed by atoms with Crippen molar-refractivity contribution in [3.05, 3.63) is 0 Å². The normalized spacial score (nSPS) is 33.9. The summed E-state index contributed by atoms with van der Waals surface area (Å²) in [7, 11) is 4.14. The minimum atomic E-state index is -3.99. The molecule has 0 aliphatic carbocycles. The molecule has 9 N–H and O–H groups in total. The molecule has 0 spiro atoms. The molecule has 0 aromatic rings. The van der Waals surface area contributed by atoms with Crippen molar-refractivity contribution in [2.24, 2.45) is 33.3 Å². The molecule has 3 aliphatic heterocycles. The standard InChI is InChI=1S/C31H54N5O14PS3/c1-16(29(32)42)11-34-24-9-19(40)23(48-24)15-46-51(44,50-20-10-25(47-21(20)13-37)35-12-17(2)30(33)43)52-7-5-6-8-53-54-31-26(36-18(3)39)27(41)28(45-4)22(14-38)49-31/h11-12,16-17,19-28,31,37-38,40-41H,5-10,13-15H2,1-4H3,(H2,32,42)(H2,33,43)(H,36,39). The summed E-state index contributed by atoms with van der Waals surface area (Å²) in [5, 5.41) is 43.9. The quantitative estimate of drug-likeness (QED) is 0.0307. The molecule has 54 heavy (non-hydrogen) atoms. The van der Waals surface area contributed by atoms with Crippen LogP contribution < -0.4 is 16.8 Å². The van der Waals surface area contributed by atoms with E-state index in [1.807, 2.05) is 0 Å². The molecule has 0 radical (unpaired) electrons. The summed E-state index contributed by atoms with van der Waals surface area (Å²) >= 11 is 0.942. The molecule has 3 rings (SSSR count). The largest absolute Gasteiger partial charge is 0.394 e. The zero-order valence-corrected chi connectivity index (χ0v) is 34.0. The number of aliphatic hydroxyl groups is 4. The van der Waals surface area contributed by atoms with Crippen LogP contribution in [0.4, 0.5) is 0 Å². The van der Waals surface area contributed by atoms with Gasteiger partial charge in [-0.15, -0.1) is 0 Å². The van der Waals surface area contributed by atoms with Crippen molar-refractivity contribution in [2.45, 2.75) is 113 Å². The smallest absolute Gasteiger partial charge is 0.389 e. The van der Waals surface area contributed by atoms with Crippen LogP contribution in [0.1, 0.15) is 46.5 Å². The Morgan fingerprint density at radius 1 is 0.944 bits per heavy atom. The molecule has 19 nitrogen and oxygen atoms in total. The van der Waals surface area contributed by atoms with Crippen LogP contribution in [0.25, 0.3) is 0 Å². The third kappa shape index (κ3) is 14.5. The highest BCUT2D eigenvalue weighted by Crippen LogP contribution is 2.63. The lowest BCUT2D eigenvalue weighted by Crippen LogP contribution is -2.63. The van der Waals surface area contributed by atoms with Crippen molar-refractivity contribution >= 4 is 69.9 Å². The Morgan fingerprint density at radius 2 is 1.54 bits per heavy atom. The number of hydrogen-bond acceptors (Lipinski definition) is 19. The number of amides is 3. The van der Waals surface area contributed by atoms with Gasteiger partial charge in [0.1, 0.15) is 42.1 Å². The summed E-state index contributed by atoms with van der Waals surface area (Å²) < 4.78 is 48.9. The molecule has 23 heteroatoms.